The number of ether oxygens (including phenoxy) is 1. The zero-order valence-electron chi connectivity index (χ0n) is 11.4. The first-order valence-electron chi connectivity index (χ1n) is 6.37. The summed E-state index contributed by atoms with van der Waals surface area (Å²) in [6.45, 7) is 1.66. The van der Waals surface area contributed by atoms with Gasteiger partial charge in [0.15, 0.2) is 6.10 Å². The van der Waals surface area contributed by atoms with Gasteiger partial charge in [0.2, 0.25) is 0 Å². The largest absolute Gasteiger partial charge is 0.481 e. The molecular formula is C16H14INO3. The van der Waals surface area contributed by atoms with Crippen molar-refractivity contribution in [2.24, 2.45) is 0 Å². The van der Waals surface area contributed by atoms with Crippen LogP contribution in [0, 0.1) is 3.57 Å². The fourth-order valence-corrected chi connectivity index (χ4v) is 2.27. The number of anilines is 1. The molecule has 0 aliphatic heterocycles. The summed E-state index contributed by atoms with van der Waals surface area (Å²) in [5, 5.41) is 2.79. The van der Waals surface area contributed by atoms with Gasteiger partial charge in [0, 0.05) is 14.8 Å². The van der Waals surface area contributed by atoms with Crippen LogP contribution in [0.3, 0.4) is 0 Å². The second-order valence-corrected chi connectivity index (χ2v) is 5.70. The molecule has 2 aromatic rings. The highest BCUT2D eigenvalue weighted by Crippen LogP contribution is 2.16. The van der Waals surface area contributed by atoms with E-state index in [1.165, 1.54) is 0 Å². The summed E-state index contributed by atoms with van der Waals surface area (Å²) in [5.41, 5.74) is 1.24. The van der Waals surface area contributed by atoms with Gasteiger partial charge in [0.05, 0.1) is 0 Å². The van der Waals surface area contributed by atoms with Gasteiger partial charge in [-0.2, -0.15) is 0 Å². The zero-order chi connectivity index (χ0) is 15.2. The van der Waals surface area contributed by atoms with Crippen LogP contribution < -0.4 is 10.1 Å². The number of nitrogens with one attached hydrogen (secondary N) is 1. The Bertz CT molecular complexity index is 657. The van der Waals surface area contributed by atoms with E-state index in [-0.39, 0.29) is 5.91 Å². The lowest BCUT2D eigenvalue weighted by Crippen LogP contribution is -2.30. The molecule has 1 atom stereocenters. The molecule has 0 bridgehead atoms. The van der Waals surface area contributed by atoms with Crippen LogP contribution in [0.25, 0.3) is 0 Å². The summed E-state index contributed by atoms with van der Waals surface area (Å²) in [4.78, 5) is 22.8. The number of halogens is 1. The van der Waals surface area contributed by atoms with Crippen molar-refractivity contribution >= 4 is 40.5 Å². The van der Waals surface area contributed by atoms with E-state index in [1.807, 2.05) is 24.3 Å². The zero-order valence-corrected chi connectivity index (χ0v) is 13.5. The maximum atomic E-state index is 12.1. The van der Waals surface area contributed by atoms with E-state index in [0.29, 0.717) is 11.3 Å². The van der Waals surface area contributed by atoms with Crippen LogP contribution in [0.2, 0.25) is 0 Å². The Balaban J connectivity index is 2.00. The first-order chi connectivity index (χ1) is 10.1. The van der Waals surface area contributed by atoms with Gasteiger partial charge in [-0.15, -0.1) is 0 Å². The van der Waals surface area contributed by atoms with Crippen LogP contribution in [0.4, 0.5) is 5.69 Å². The van der Waals surface area contributed by atoms with Crippen molar-refractivity contribution in [3.63, 3.8) is 0 Å². The normalized spacial score (nSPS) is 11.5. The average molecular weight is 395 g/mol. The summed E-state index contributed by atoms with van der Waals surface area (Å²) >= 11 is 2.18. The van der Waals surface area contributed by atoms with Gasteiger partial charge >= 0.3 is 0 Å². The van der Waals surface area contributed by atoms with E-state index in [0.717, 1.165) is 15.5 Å². The predicted octanol–water partition coefficient (Wildman–Crippen LogP) is 3.51. The molecule has 108 valence electrons. The third-order valence-corrected chi connectivity index (χ3v) is 3.44. The first-order valence-corrected chi connectivity index (χ1v) is 7.44. The van der Waals surface area contributed by atoms with E-state index in [4.69, 9.17) is 4.74 Å². The predicted molar refractivity (Wildman–Crippen MR) is 89.7 cm³/mol. The molecule has 2 aromatic carbocycles. The molecule has 0 aromatic heterocycles. The number of aldehydes is 1. The van der Waals surface area contributed by atoms with Crippen LogP contribution in [0.5, 0.6) is 5.75 Å². The van der Waals surface area contributed by atoms with Gasteiger partial charge in [-0.1, -0.05) is 18.2 Å². The maximum Gasteiger partial charge on any atom is 0.265 e. The summed E-state index contributed by atoms with van der Waals surface area (Å²) < 4.78 is 6.59. The highest BCUT2D eigenvalue weighted by Gasteiger charge is 2.15. The molecule has 0 fully saturated rings. The topological polar surface area (TPSA) is 55.4 Å². The minimum atomic E-state index is -0.662. The number of hydrogen-bond donors (Lipinski definition) is 1. The van der Waals surface area contributed by atoms with Crippen LogP contribution in [-0.4, -0.2) is 18.3 Å². The molecule has 0 saturated heterocycles. The molecule has 0 unspecified atom stereocenters. The summed E-state index contributed by atoms with van der Waals surface area (Å²) in [6.07, 6.45) is 0.0773. The Morgan fingerprint density at radius 1 is 1.24 bits per heavy atom. The molecule has 0 saturated carbocycles. The monoisotopic (exact) mass is 395 g/mol. The van der Waals surface area contributed by atoms with Crippen LogP contribution >= 0.6 is 22.6 Å². The fourth-order valence-electron chi connectivity index (χ4n) is 1.73. The van der Waals surface area contributed by atoms with Crippen LogP contribution in [0.1, 0.15) is 17.3 Å². The van der Waals surface area contributed by atoms with Crippen molar-refractivity contribution in [3.05, 3.63) is 57.7 Å². The smallest absolute Gasteiger partial charge is 0.265 e. The molecule has 2 rings (SSSR count). The lowest BCUT2D eigenvalue weighted by Gasteiger charge is -2.15. The lowest BCUT2D eigenvalue weighted by atomic mass is 10.2. The highest BCUT2D eigenvalue weighted by molar-refractivity contribution is 14.1. The van der Waals surface area contributed by atoms with Gasteiger partial charge in [0.25, 0.3) is 5.91 Å². The molecule has 21 heavy (non-hydrogen) atoms. The summed E-state index contributed by atoms with van der Waals surface area (Å²) in [7, 11) is 0. The average Bonchev–Trinajstić information content (AvgIpc) is 2.47. The minimum absolute atomic E-state index is 0.242. The number of benzene rings is 2. The van der Waals surface area contributed by atoms with Crippen LogP contribution in [-0.2, 0) is 4.79 Å². The molecular weight excluding hydrogens is 381 g/mol. The molecule has 1 amide bonds. The molecule has 0 aliphatic carbocycles. The Hall–Kier alpha value is -1.89. The van der Waals surface area contributed by atoms with E-state index in [1.54, 1.807) is 31.2 Å². The third-order valence-electron chi connectivity index (χ3n) is 2.77. The van der Waals surface area contributed by atoms with Crippen molar-refractivity contribution in [2.75, 3.05) is 5.32 Å². The van der Waals surface area contributed by atoms with Gasteiger partial charge in [0.1, 0.15) is 12.0 Å². The Morgan fingerprint density at radius 2 is 2.00 bits per heavy atom. The third kappa shape index (κ3) is 4.56. The molecule has 1 N–H and O–H groups in total. The Kier molecular flexibility index (Phi) is 5.32. The van der Waals surface area contributed by atoms with E-state index < -0.39 is 6.10 Å². The second kappa shape index (κ2) is 7.21. The minimum Gasteiger partial charge on any atom is -0.481 e. The van der Waals surface area contributed by atoms with Crippen molar-refractivity contribution in [3.8, 4) is 5.75 Å². The Labute approximate surface area is 136 Å². The summed E-state index contributed by atoms with van der Waals surface area (Å²) in [6, 6.07) is 14.2. The standard InChI is InChI=1S/C16H14INO3/c1-11(21-15-7-2-4-12(8-15)10-19)16(20)18-14-6-3-5-13(17)9-14/h2-11H,1H3,(H,18,20)/t11-/m1/s1. The van der Waals surface area contributed by atoms with E-state index in [2.05, 4.69) is 27.9 Å². The van der Waals surface area contributed by atoms with E-state index in [9.17, 15) is 9.59 Å². The van der Waals surface area contributed by atoms with Crippen LogP contribution in [0.15, 0.2) is 48.5 Å². The fraction of sp³-hybridized carbons (Fsp3) is 0.125. The number of rotatable bonds is 5. The molecule has 0 radical (unpaired) electrons. The Morgan fingerprint density at radius 3 is 2.71 bits per heavy atom. The number of amides is 1. The molecule has 4 nitrogen and oxygen atoms in total. The number of carbonyl (C=O) groups excluding carboxylic acids is 2. The van der Waals surface area contributed by atoms with Crippen molar-refractivity contribution in [2.45, 2.75) is 13.0 Å². The van der Waals surface area contributed by atoms with E-state index >= 15 is 0 Å². The molecule has 0 aliphatic rings. The number of hydrogen-bond acceptors (Lipinski definition) is 3. The quantitative estimate of drug-likeness (QED) is 0.623. The summed E-state index contributed by atoms with van der Waals surface area (Å²) in [5.74, 6) is 0.249. The molecule has 5 heteroatoms. The molecule has 0 heterocycles. The highest BCUT2D eigenvalue weighted by atomic mass is 127. The second-order valence-electron chi connectivity index (χ2n) is 4.45. The van der Waals surface area contributed by atoms with Gasteiger partial charge < -0.3 is 10.1 Å². The number of carbonyl (C=O) groups is 2. The maximum absolute atomic E-state index is 12.1. The first kappa shape index (κ1) is 15.5. The molecule has 0 spiro atoms. The van der Waals surface area contributed by atoms with Crippen molar-refractivity contribution < 1.29 is 14.3 Å². The van der Waals surface area contributed by atoms with Crippen molar-refractivity contribution in [1.29, 1.82) is 0 Å². The lowest BCUT2D eigenvalue weighted by molar-refractivity contribution is -0.122. The van der Waals surface area contributed by atoms with Crippen molar-refractivity contribution in [1.82, 2.24) is 0 Å². The van der Waals surface area contributed by atoms with Gasteiger partial charge in [-0.05, 0) is 59.8 Å². The van der Waals surface area contributed by atoms with Gasteiger partial charge in [-0.25, -0.2) is 0 Å². The SMILES string of the molecule is C[C@@H](Oc1cccc(C=O)c1)C(=O)Nc1cccc(I)c1. The van der Waals surface area contributed by atoms with Gasteiger partial charge in [-0.3, -0.25) is 9.59 Å².